The van der Waals surface area contributed by atoms with Crippen molar-refractivity contribution in [3.8, 4) is 11.5 Å². The summed E-state index contributed by atoms with van der Waals surface area (Å²) in [6.07, 6.45) is 1.24. The molecule has 0 radical (unpaired) electrons. The minimum absolute atomic E-state index is 0.240. The van der Waals surface area contributed by atoms with Crippen molar-refractivity contribution in [2.75, 3.05) is 13.7 Å². The molecule has 1 aromatic carbocycles. The highest BCUT2D eigenvalue weighted by Crippen LogP contribution is 2.32. The molecule has 0 bridgehead atoms. The number of hydrogen-bond acceptors (Lipinski definition) is 5. The molecule has 1 rings (SSSR count). The molecular formula is C10H11BrN2O4. The number of hydrogen-bond donors (Lipinski definition) is 2. The summed E-state index contributed by atoms with van der Waals surface area (Å²) in [7, 11) is 1.46. The molecule has 0 fully saturated rings. The van der Waals surface area contributed by atoms with Gasteiger partial charge in [0.25, 0.3) is 5.91 Å². The minimum Gasteiger partial charge on any atom is -0.493 e. The number of amides is 1. The van der Waals surface area contributed by atoms with Crippen molar-refractivity contribution in [1.82, 2.24) is 0 Å². The topological polar surface area (TPSA) is 94.1 Å². The van der Waals surface area contributed by atoms with Crippen LogP contribution in [0.5, 0.6) is 11.5 Å². The van der Waals surface area contributed by atoms with Crippen LogP contribution in [0.25, 0.3) is 0 Å². The van der Waals surface area contributed by atoms with Gasteiger partial charge in [-0.15, -0.1) is 0 Å². The van der Waals surface area contributed by atoms with E-state index >= 15 is 0 Å². The lowest BCUT2D eigenvalue weighted by Crippen LogP contribution is -2.20. The maximum atomic E-state index is 10.6. The molecule has 0 spiro atoms. The number of primary amides is 1. The first-order valence-electron chi connectivity index (χ1n) is 4.54. The Labute approximate surface area is 106 Å². The molecular weight excluding hydrogens is 292 g/mol. The number of carbonyl (C=O) groups excluding carboxylic acids is 1. The van der Waals surface area contributed by atoms with Crippen LogP contribution in [0.3, 0.4) is 0 Å². The van der Waals surface area contributed by atoms with Crippen molar-refractivity contribution >= 4 is 28.1 Å². The molecule has 3 N–H and O–H groups in total. The number of oxime groups is 1. The van der Waals surface area contributed by atoms with Gasteiger partial charge in [-0.25, -0.2) is 0 Å². The minimum atomic E-state index is -0.579. The summed E-state index contributed by atoms with van der Waals surface area (Å²) in [5.41, 5.74) is 5.58. The van der Waals surface area contributed by atoms with E-state index in [1.165, 1.54) is 13.3 Å². The van der Waals surface area contributed by atoms with Crippen LogP contribution in [-0.4, -0.2) is 31.0 Å². The van der Waals surface area contributed by atoms with Gasteiger partial charge in [0.2, 0.25) is 0 Å². The zero-order valence-electron chi connectivity index (χ0n) is 9.01. The van der Waals surface area contributed by atoms with Crippen LogP contribution in [0.2, 0.25) is 0 Å². The third-order valence-electron chi connectivity index (χ3n) is 1.85. The maximum absolute atomic E-state index is 10.6. The molecule has 1 aromatic rings. The van der Waals surface area contributed by atoms with Crippen molar-refractivity contribution in [2.45, 2.75) is 0 Å². The van der Waals surface area contributed by atoms with E-state index in [2.05, 4.69) is 21.1 Å². The standard InChI is InChI=1S/C10H11BrN2O4/c1-16-8-2-6(4-13-15)7(11)3-9(8)17-5-10(12)14/h2-4,15H,5H2,1H3,(H2,12,14)/b13-4+. The molecule has 6 nitrogen and oxygen atoms in total. The largest absolute Gasteiger partial charge is 0.493 e. The number of nitrogens with zero attached hydrogens (tertiary/aromatic N) is 1. The third-order valence-corrected chi connectivity index (χ3v) is 2.54. The third kappa shape index (κ3) is 3.63. The van der Waals surface area contributed by atoms with E-state index in [4.69, 9.17) is 20.4 Å². The quantitative estimate of drug-likeness (QED) is 0.484. The van der Waals surface area contributed by atoms with Crippen molar-refractivity contribution in [3.63, 3.8) is 0 Å². The molecule has 17 heavy (non-hydrogen) atoms. The SMILES string of the molecule is COc1cc(/C=N/O)c(Br)cc1OCC(N)=O. The van der Waals surface area contributed by atoms with Crippen LogP contribution in [0.1, 0.15) is 5.56 Å². The molecule has 0 aromatic heterocycles. The van der Waals surface area contributed by atoms with Gasteiger partial charge in [0.05, 0.1) is 13.3 Å². The Balaban J connectivity index is 3.05. The van der Waals surface area contributed by atoms with Gasteiger partial charge >= 0.3 is 0 Å². The Morgan fingerprint density at radius 3 is 2.82 bits per heavy atom. The van der Waals surface area contributed by atoms with Gasteiger partial charge in [0.1, 0.15) is 0 Å². The summed E-state index contributed by atoms with van der Waals surface area (Å²) in [5.74, 6) is 0.196. The second kappa shape index (κ2) is 6.09. The molecule has 7 heteroatoms. The average molecular weight is 303 g/mol. The van der Waals surface area contributed by atoms with Crippen LogP contribution in [0.4, 0.5) is 0 Å². The van der Waals surface area contributed by atoms with E-state index in [0.29, 0.717) is 21.5 Å². The van der Waals surface area contributed by atoms with Crippen molar-refractivity contribution in [1.29, 1.82) is 0 Å². The highest BCUT2D eigenvalue weighted by atomic mass is 79.9. The second-order valence-corrected chi connectivity index (χ2v) is 3.88. The smallest absolute Gasteiger partial charge is 0.255 e. The zero-order chi connectivity index (χ0) is 12.8. The monoisotopic (exact) mass is 302 g/mol. The predicted octanol–water partition coefficient (Wildman–Crippen LogP) is 1.13. The maximum Gasteiger partial charge on any atom is 0.255 e. The van der Waals surface area contributed by atoms with Crippen molar-refractivity contribution in [2.24, 2.45) is 10.9 Å². The Bertz CT molecular complexity index is 448. The number of ether oxygens (including phenoxy) is 2. The second-order valence-electron chi connectivity index (χ2n) is 3.02. The predicted molar refractivity (Wildman–Crippen MR) is 64.8 cm³/mol. The number of methoxy groups -OCH3 is 1. The Morgan fingerprint density at radius 1 is 1.59 bits per heavy atom. The molecule has 1 amide bonds. The van der Waals surface area contributed by atoms with Gasteiger partial charge in [0.15, 0.2) is 18.1 Å². The average Bonchev–Trinajstić information content (AvgIpc) is 2.29. The summed E-state index contributed by atoms with van der Waals surface area (Å²) in [5, 5.41) is 11.4. The molecule has 0 heterocycles. The number of benzene rings is 1. The lowest BCUT2D eigenvalue weighted by molar-refractivity contribution is -0.119. The highest BCUT2D eigenvalue weighted by Gasteiger charge is 2.10. The van der Waals surface area contributed by atoms with Gasteiger partial charge in [-0.05, 0) is 28.1 Å². The molecule has 0 atom stereocenters. The van der Waals surface area contributed by atoms with E-state index in [1.807, 2.05) is 0 Å². The molecule has 92 valence electrons. The molecule has 0 aliphatic rings. The summed E-state index contributed by atoms with van der Waals surface area (Å²) in [4.78, 5) is 10.6. The number of carbonyl (C=O) groups is 1. The fraction of sp³-hybridized carbons (Fsp3) is 0.200. The fourth-order valence-corrected chi connectivity index (χ4v) is 1.56. The summed E-state index contributed by atoms with van der Waals surface area (Å²) in [6.45, 7) is -0.240. The summed E-state index contributed by atoms with van der Waals surface area (Å²) >= 11 is 3.26. The lowest BCUT2D eigenvalue weighted by atomic mass is 10.2. The molecule has 0 aliphatic carbocycles. The van der Waals surface area contributed by atoms with E-state index in [0.717, 1.165) is 0 Å². The van der Waals surface area contributed by atoms with Crippen LogP contribution in [0.15, 0.2) is 21.8 Å². The van der Waals surface area contributed by atoms with Crippen molar-refractivity contribution in [3.05, 3.63) is 22.2 Å². The normalized spacial score (nSPS) is 10.5. The number of rotatable bonds is 5. The van der Waals surface area contributed by atoms with E-state index < -0.39 is 5.91 Å². The Morgan fingerprint density at radius 2 is 2.29 bits per heavy atom. The Hall–Kier alpha value is -1.76. The lowest BCUT2D eigenvalue weighted by Gasteiger charge is -2.11. The van der Waals surface area contributed by atoms with Crippen LogP contribution in [0, 0.1) is 0 Å². The summed E-state index contributed by atoms with van der Waals surface area (Å²) < 4.78 is 10.9. The molecule has 0 saturated carbocycles. The van der Waals surface area contributed by atoms with Gasteiger partial charge in [-0.1, -0.05) is 5.16 Å². The van der Waals surface area contributed by atoms with Crippen LogP contribution >= 0.6 is 15.9 Å². The van der Waals surface area contributed by atoms with Crippen LogP contribution in [-0.2, 0) is 4.79 Å². The van der Waals surface area contributed by atoms with Gasteiger partial charge in [0, 0.05) is 10.0 Å². The first kappa shape index (κ1) is 13.3. The van der Waals surface area contributed by atoms with Gasteiger partial charge < -0.3 is 20.4 Å². The summed E-state index contributed by atoms with van der Waals surface area (Å²) in [6, 6.07) is 3.19. The molecule has 0 saturated heterocycles. The fourth-order valence-electron chi connectivity index (χ4n) is 1.13. The zero-order valence-corrected chi connectivity index (χ0v) is 10.6. The molecule has 0 unspecified atom stereocenters. The number of nitrogens with two attached hydrogens (primary N) is 1. The van der Waals surface area contributed by atoms with Crippen molar-refractivity contribution < 1.29 is 19.5 Å². The van der Waals surface area contributed by atoms with Crippen LogP contribution < -0.4 is 15.2 Å². The first-order chi connectivity index (χ1) is 8.08. The van der Waals surface area contributed by atoms with E-state index in [-0.39, 0.29) is 6.61 Å². The van der Waals surface area contributed by atoms with E-state index in [1.54, 1.807) is 12.1 Å². The molecule has 0 aliphatic heterocycles. The first-order valence-corrected chi connectivity index (χ1v) is 5.34. The van der Waals surface area contributed by atoms with Gasteiger partial charge in [-0.3, -0.25) is 4.79 Å². The number of halogens is 1. The van der Waals surface area contributed by atoms with Gasteiger partial charge in [-0.2, -0.15) is 0 Å². The highest BCUT2D eigenvalue weighted by molar-refractivity contribution is 9.10. The Kier molecular flexibility index (Phi) is 4.77. The van der Waals surface area contributed by atoms with E-state index in [9.17, 15) is 4.79 Å².